The van der Waals surface area contributed by atoms with Crippen LogP contribution in [0.3, 0.4) is 0 Å². The number of nitrogens with zero attached hydrogens (tertiary/aromatic N) is 1. The molecular weight excluding hydrogens is 244 g/mol. The van der Waals surface area contributed by atoms with Gasteiger partial charge in [0.15, 0.2) is 0 Å². The average Bonchev–Trinajstić information content (AvgIpc) is 2.45. The number of hydrogen-bond acceptors (Lipinski definition) is 4. The highest BCUT2D eigenvalue weighted by Gasteiger charge is 2.10. The summed E-state index contributed by atoms with van der Waals surface area (Å²) < 4.78 is 5.21. The number of nitrogens with one attached hydrogen (secondary N) is 1. The normalized spacial score (nSPS) is 9.95. The van der Waals surface area contributed by atoms with Crippen molar-refractivity contribution in [3.63, 3.8) is 0 Å². The van der Waals surface area contributed by atoms with Crippen molar-refractivity contribution in [1.29, 1.82) is 0 Å². The summed E-state index contributed by atoms with van der Waals surface area (Å²) in [6.07, 6.45) is 0. The molecule has 0 heterocycles. The minimum Gasteiger partial charge on any atom is -0.496 e. The van der Waals surface area contributed by atoms with Crippen LogP contribution in [0, 0.1) is 10.1 Å². The number of methoxy groups -OCH3 is 1. The fourth-order valence-corrected chi connectivity index (χ4v) is 1.77. The topological polar surface area (TPSA) is 64.4 Å². The molecule has 2 rings (SSSR count). The van der Waals surface area contributed by atoms with E-state index in [2.05, 4.69) is 5.32 Å². The van der Waals surface area contributed by atoms with Crippen molar-refractivity contribution in [1.82, 2.24) is 0 Å². The van der Waals surface area contributed by atoms with Crippen LogP contribution in [-0.4, -0.2) is 12.0 Å². The van der Waals surface area contributed by atoms with Gasteiger partial charge in [-0.15, -0.1) is 0 Å². The average molecular weight is 258 g/mol. The monoisotopic (exact) mass is 258 g/mol. The van der Waals surface area contributed by atoms with Crippen LogP contribution in [0.2, 0.25) is 0 Å². The van der Waals surface area contributed by atoms with E-state index in [4.69, 9.17) is 4.74 Å². The first kappa shape index (κ1) is 12.9. The molecule has 0 spiro atoms. The molecule has 0 aliphatic heterocycles. The predicted octanol–water partition coefficient (Wildman–Crippen LogP) is 3.22. The van der Waals surface area contributed by atoms with E-state index >= 15 is 0 Å². The second-order valence-electron chi connectivity index (χ2n) is 3.97. The first-order chi connectivity index (χ1) is 9.20. The predicted molar refractivity (Wildman–Crippen MR) is 73.4 cm³/mol. The molecule has 2 aromatic rings. The van der Waals surface area contributed by atoms with Gasteiger partial charge in [-0.1, -0.05) is 18.2 Å². The lowest BCUT2D eigenvalue weighted by Crippen LogP contribution is -2.02. The fourth-order valence-electron chi connectivity index (χ4n) is 1.77. The number of anilines is 1. The Hall–Kier alpha value is -2.56. The number of para-hydroxylation sites is 1. The Labute approximate surface area is 111 Å². The van der Waals surface area contributed by atoms with Gasteiger partial charge >= 0.3 is 0 Å². The van der Waals surface area contributed by atoms with Crippen molar-refractivity contribution in [3.8, 4) is 5.75 Å². The molecule has 0 saturated carbocycles. The Balaban J connectivity index is 2.18. The molecule has 98 valence electrons. The van der Waals surface area contributed by atoms with E-state index in [1.807, 2.05) is 30.3 Å². The highest BCUT2D eigenvalue weighted by Crippen LogP contribution is 2.24. The van der Waals surface area contributed by atoms with Crippen LogP contribution in [0.1, 0.15) is 5.56 Å². The van der Waals surface area contributed by atoms with Gasteiger partial charge in [-0.2, -0.15) is 0 Å². The Kier molecular flexibility index (Phi) is 3.97. The first-order valence-corrected chi connectivity index (χ1v) is 5.81. The number of benzene rings is 2. The summed E-state index contributed by atoms with van der Waals surface area (Å²) in [5.41, 5.74) is 1.77. The van der Waals surface area contributed by atoms with E-state index < -0.39 is 4.92 Å². The number of ether oxygens (including phenoxy) is 1. The van der Waals surface area contributed by atoms with E-state index in [1.165, 1.54) is 12.1 Å². The summed E-state index contributed by atoms with van der Waals surface area (Å²) in [6.45, 7) is 0.467. The molecule has 0 saturated heterocycles. The third kappa shape index (κ3) is 3.22. The molecule has 0 amide bonds. The molecule has 19 heavy (non-hydrogen) atoms. The van der Waals surface area contributed by atoms with E-state index in [0.717, 1.165) is 11.3 Å². The molecule has 0 aliphatic carbocycles. The Morgan fingerprint density at radius 2 is 1.95 bits per heavy atom. The maximum atomic E-state index is 10.8. The van der Waals surface area contributed by atoms with E-state index in [0.29, 0.717) is 12.3 Å². The van der Waals surface area contributed by atoms with Crippen LogP contribution >= 0.6 is 0 Å². The van der Waals surface area contributed by atoms with Gasteiger partial charge in [-0.3, -0.25) is 10.1 Å². The Morgan fingerprint density at radius 3 is 2.58 bits per heavy atom. The van der Waals surface area contributed by atoms with Gasteiger partial charge < -0.3 is 10.1 Å². The molecule has 0 unspecified atom stereocenters. The summed E-state index contributed by atoms with van der Waals surface area (Å²) in [6, 6.07) is 14.2. The van der Waals surface area contributed by atoms with Crippen molar-refractivity contribution < 1.29 is 9.66 Å². The Morgan fingerprint density at radius 1 is 1.21 bits per heavy atom. The molecule has 0 radical (unpaired) electrons. The van der Waals surface area contributed by atoms with Gasteiger partial charge in [-0.25, -0.2) is 0 Å². The lowest BCUT2D eigenvalue weighted by molar-refractivity contribution is -0.384. The molecule has 1 N–H and O–H groups in total. The molecule has 2 aromatic carbocycles. The number of hydrogen-bond donors (Lipinski definition) is 1. The zero-order valence-corrected chi connectivity index (χ0v) is 10.5. The fraction of sp³-hybridized carbons (Fsp3) is 0.143. The summed E-state index contributed by atoms with van der Waals surface area (Å²) in [4.78, 5) is 10.4. The third-order valence-electron chi connectivity index (χ3n) is 2.73. The van der Waals surface area contributed by atoms with Crippen molar-refractivity contribution in [2.24, 2.45) is 0 Å². The standard InChI is InChI=1S/C14H14N2O3/c1-19-14-8-7-13(16(17)18)9-11(14)10-15-12-5-3-2-4-6-12/h2-9,15H,10H2,1H3. The molecule has 5 heteroatoms. The van der Waals surface area contributed by atoms with E-state index in [-0.39, 0.29) is 5.69 Å². The molecular formula is C14H14N2O3. The lowest BCUT2D eigenvalue weighted by atomic mass is 10.1. The smallest absolute Gasteiger partial charge is 0.270 e. The largest absolute Gasteiger partial charge is 0.496 e. The van der Waals surface area contributed by atoms with Crippen molar-refractivity contribution in [3.05, 3.63) is 64.2 Å². The van der Waals surface area contributed by atoms with Crippen LogP contribution in [-0.2, 0) is 6.54 Å². The van der Waals surface area contributed by atoms with Crippen LogP contribution in [0.5, 0.6) is 5.75 Å². The summed E-state index contributed by atoms with van der Waals surface area (Å²) in [7, 11) is 1.55. The molecule has 0 fully saturated rings. The minimum absolute atomic E-state index is 0.0608. The van der Waals surface area contributed by atoms with Gasteiger partial charge in [0.25, 0.3) is 5.69 Å². The van der Waals surface area contributed by atoms with Crippen LogP contribution in [0.25, 0.3) is 0 Å². The van der Waals surface area contributed by atoms with Crippen molar-refractivity contribution >= 4 is 11.4 Å². The minimum atomic E-state index is -0.411. The molecule has 0 aliphatic rings. The van der Waals surface area contributed by atoms with Gasteiger partial charge in [0, 0.05) is 29.9 Å². The number of non-ortho nitro benzene ring substituents is 1. The van der Waals surface area contributed by atoms with Gasteiger partial charge in [-0.05, 0) is 18.2 Å². The summed E-state index contributed by atoms with van der Waals surface area (Å²) in [5.74, 6) is 0.633. The van der Waals surface area contributed by atoms with E-state index in [1.54, 1.807) is 13.2 Å². The molecule has 0 atom stereocenters. The highest BCUT2D eigenvalue weighted by molar-refractivity contribution is 5.48. The summed E-state index contributed by atoms with van der Waals surface area (Å²) in [5, 5.41) is 14.0. The van der Waals surface area contributed by atoms with Gasteiger partial charge in [0.1, 0.15) is 5.75 Å². The van der Waals surface area contributed by atoms with Gasteiger partial charge in [0.2, 0.25) is 0 Å². The number of rotatable bonds is 5. The molecule has 0 bridgehead atoms. The summed E-state index contributed by atoms with van der Waals surface area (Å²) >= 11 is 0. The zero-order valence-electron chi connectivity index (χ0n) is 10.5. The zero-order chi connectivity index (χ0) is 13.7. The maximum Gasteiger partial charge on any atom is 0.270 e. The highest BCUT2D eigenvalue weighted by atomic mass is 16.6. The van der Waals surface area contributed by atoms with Crippen LogP contribution < -0.4 is 10.1 Å². The second kappa shape index (κ2) is 5.86. The third-order valence-corrected chi connectivity index (χ3v) is 2.73. The van der Waals surface area contributed by atoms with E-state index in [9.17, 15) is 10.1 Å². The molecule has 5 nitrogen and oxygen atoms in total. The molecule has 0 aromatic heterocycles. The Bertz CT molecular complexity index is 570. The number of nitro groups is 1. The second-order valence-corrected chi connectivity index (χ2v) is 3.97. The first-order valence-electron chi connectivity index (χ1n) is 5.81. The van der Waals surface area contributed by atoms with Crippen molar-refractivity contribution in [2.45, 2.75) is 6.54 Å². The van der Waals surface area contributed by atoms with Crippen LogP contribution in [0.15, 0.2) is 48.5 Å². The SMILES string of the molecule is COc1ccc([N+](=O)[O-])cc1CNc1ccccc1. The quantitative estimate of drug-likeness (QED) is 0.660. The lowest BCUT2D eigenvalue weighted by Gasteiger charge is -2.10. The van der Waals surface area contributed by atoms with Gasteiger partial charge in [0.05, 0.1) is 12.0 Å². The maximum absolute atomic E-state index is 10.8. The van der Waals surface area contributed by atoms with Crippen molar-refractivity contribution in [2.75, 3.05) is 12.4 Å². The van der Waals surface area contributed by atoms with Crippen LogP contribution in [0.4, 0.5) is 11.4 Å². The number of nitro benzene ring substituents is 1.